The van der Waals surface area contributed by atoms with E-state index in [4.69, 9.17) is 14.2 Å². The molecule has 0 bridgehead atoms. The van der Waals surface area contributed by atoms with E-state index < -0.39 is 25.4 Å². The van der Waals surface area contributed by atoms with Gasteiger partial charge >= 0.3 is 13.6 Å². The highest BCUT2D eigenvalue weighted by molar-refractivity contribution is 7.54. The first-order valence-electron chi connectivity index (χ1n) is 5.46. The summed E-state index contributed by atoms with van der Waals surface area (Å²) in [4.78, 5) is 11.0. The summed E-state index contributed by atoms with van der Waals surface area (Å²) in [5.74, 6) is -1.41. The SMILES string of the molecule is COP(=O)(OC)C(C)N[C@@H](CC(C)C)C(=O)O. The molecule has 0 aliphatic carbocycles. The molecule has 17 heavy (non-hydrogen) atoms. The minimum atomic E-state index is -3.28. The number of hydrogen-bond donors (Lipinski definition) is 2. The molecule has 0 aromatic rings. The molecule has 1 unspecified atom stereocenters. The van der Waals surface area contributed by atoms with Crippen LogP contribution in [0.3, 0.4) is 0 Å². The highest BCUT2D eigenvalue weighted by Gasteiger charge is 2.33. The molecular weight excluding hydrogens is 245 g/mol. The van der Waals surface area contributed by atoms with Gasteiger partial charge in [-0.1, -0.05) is 13.8 Å². The van der Waals surface area contributed by atoms with E-state index in [1.54, 1.807) is 6.92 Å². The third-order valence-corrected chi connectivity index (χ3v) is 4.55. The van der Waals surface area contributed by atoms with Crippen molar-refractivity contribution in [3.8, 4) is 0 Å². The monoisotopic (exact) mass is 267 g/mol. The first-order chi connectivity index (χ1) is 7.76. The van der Waals surface area contributed by atoms with Crippen molar-refractivity contribution >= 4 is 13.6 Å². The minimum Gasteiger partial charge on any atom is -0.480 e. The van der Waals surface area contributed by atoms with E-state index in [0.717, 1.165) is 0 Å². The van der Waals surface area contributed by atoms with E-state index in [0.29, 0.717) is 6.42 Å². The Hall–Kier alpha value is -0.420. The summed E-state index contributed by atoms with van der Waals surface area (Å²) in [5, 5.41) is 11.8. The maximum Gasteiger partial charge on any atom is 0.346 e. The van der Waals surface area contributed by atoms with Crippen LogP contribution in [-0.2, 0) is 18.4 Å². The molecule has 6 nitrogen and oxygen atoms in total. The number of carbonyl (C=O) groups is 1. The van der Waals surface area contributed by atoms with Crippen molar-refractivity contribution in [2.24, 2.45) is 5.92 Å². The van der Waals surface area contributed by atoms with Crippen molar-refractivity contribution in [3.63, 3.8) is 0 Å². The van der Waals surface area contributed by atoms with Gasteiger partial charge in [0.05, 0.1) is 0 Å². The van der Waals surface area contributed by atoms with Crippen LogP contribution in [0.2, 0.25) is 0 Å². The molecule has 2 atom stereocenters. The smallest absolute Gasteiger partial charge is 0.346 e. The van der Waals surface area contributed by atoms with Gasteiger partial charge in [0.1, 0.15) is 11.8 Å². The van der Waals surface area contributed by atoms with E-state index in [-0.39, 0.29) is 5.92 Å². The summed E-state index contributed by atoms with van der Waals surface area (Å²) in [5.41, 5.74) is 0. The molecule has 0 aromatic heterocycles. The van der Waals surface area contributed by atoms with Gasteiger partial charge in [0.15, 0.2) is 0 Å². The topological polar surface area (TPSA) is 84.9 Å². The van der Waals surface area contributed by atoms with E-state index in [1.807, 2.05) is 13.8 Å². The summed E-state index contributed by atoms with van der Waals surface area (Å²) >= 11 is 0. The van der Waals surface area contributed by atoms with Crippen molar-refractivity contribution in [1.29, 1.82) is 0 Å². The zero-order valence-corrected chi connectivity index (χ0v) is 11.9. The van der Waals surface area contributed by atoms with Gasteiger partial charge in [-0.25, -0.2) is 0 Å². The average Bonchev–Trinajstić information content (AvgIpc) is 2.26. The van der Waals surface area contributed by atoms with Crippen LogP contribution in [0.15, 0.2) is 0 Å². The maximum atomic E-state index is 12.0. The van der Waals surface area contributed by atoms with Crippen molar-refractivity contribution in [2.75, 3.05) is 14.2 Å². The largest absolute Gasteiger partial charge is 0.480 e. The Morgan fingerprint density at radius 3 is 2.06 bits per heavy atom. The molecule has 0 aliphatic heterocycles. The standard InChI is InChI=1S/C10H22NO5P/c1-7(2)6-9(10(12)13)11-8(3)17(14,15-4)16-5/h7-9,11H,6H2,1-5H3,(H,12,13)/t8?,9-/m0/s1. The molecule has 0 aromatic carbocycles. The van der Waals surface area contributed by atoms with Crippen molar-refractivity contribution < 1.29 is 23.5 Å². The molecule has 0 aliphatic rings. The molecule has 0 spiro atoms. The summed E-state index contributed by atoms with van der Waals surface area (Å²) in [6, 6.07) is -0.761. The second kappa shape index (κ2) is 7.11. The lowest BCUT2D eigenvalue weighted by atomic mass is 10.0. The molecule has 0 fully saturated rings. The Labute approximate surface area is 102 Å². The molecule has 7 heteroatoms. The van der Waals surface area contributed by atoms with Gasteiger partial charge in [0.25, 0.3) is 0 Å². The van der Waals surface area contributed by atoms with E-state index in [2.05, 4.69) is 5.32 Å². The Balaban J connectivity index is 4.65. The van der Waals surface area contributed by atoms with E-state index >= 15 is 0 Å². The first kappa shape index (κ1) is 16.6. The maximum absolute atomic E-state index is 12.0. The molecule has 0 saturated heterocycles. The Morgan fingerprint density at radius 1 is 1.29 bits per heavy atom. The zero-order chi connectivity index (χ0) is 13.6. The molecule has 102 valence electrons. The van der Waals surface area contributed by atoms with E-state index in [1.165, 1.54) is 14.2 Å². The van der Waals surface area contributed by atoms with Crippen molar-refractivity contribution in [2.45, 2.75) is 39.0 Å². The summed E-state index contributed by atoms with van der Waals surface area (Å²) < 4.78 is 21.6. The van der Waals surface area contributed by atoms with Crippen molar-refractivity contribution in [3.05, 3.63) is 0 Å². The first-order valence-corrected chi connectivity index (χ1v) is 7.08. The molecule has 0 radical (unpaired) electrons. The van der Waals surface area contributed by atoms with Crippen LogP contribution < -0.4 is 5.32 Å². The van der Waals surface area contributed by atoms with E-state index in [9.17, 15) is 9.36 Å². The average molecular weight is 267 g/mol. The van der Waals surface area contributed by atoms with Gasteiger partial charge in [-0.2, -0.15) is 0 Å². The quantitative estimate of drug-likeness (QED) is 0.653. The molecule has 0 saturated carbocycles. The van der Waals surface area contributed by atoms with Gasteiger partial charge in [0.2, 0.25) is 0 Å². The summed E-state index contributed by atoms with van der Waals surface area (Å²) in [6.45, 7) is 5.44. The fourth-order valence-corrected chi connectivity index (χ4v) is 2.63. The van der Waals surface area contributed by atoms with Crippen LogP contribution in [0.25, 0.3) is 0 Å². The fourth-order valence-electron chi connectivity index (χ4n) is 1.48. The van der Waals surface area contributed by atoms with Gasteiger partial charge in [-0.3, -0.25) is 14.7 Å². The summed E-state index contributed by atoms with van der Waals surface area (Å²) in [7, 11) is -0.727. The van der Waals surface area contributed by atoms with Crippen LogP contribution in [0, 0.1) is 5.92 Å². The Morgan fingerprint density at radius 2 is 1.76 bits per heavy atom. The second-order valence-corrected chi connectivity index (χ2v) is 6.85. The second-order valence-electron chi connectivity index (χ2n) is 4.27. The molecular formula is C10H22NO5P. The van der Waals surface area contributed by atoms with Crippen LogP contribution in [-0.4, -0.2) is 37.1 Å². The van der Waals surface area contributed by atoms with Crippen LogP contribution in [0.4, 0.5) is 0 Å². The number of carboxylic acids is 1. The van der Waals surface area contributed by atoms with Gasteiger partial charge in [0, 0.05) is 14.2 Å². The summed E-state index contributed by atoms with van der Waals surface area (Å²) in [6.07, 6.45) is 0.451. The van der Waals surface area contributed by atoms with Crippen LogP contribution in [0.5, 0.6) is 0 Å². The molecule has 0 heterocycles. The highest BCUT2D eigenvalue weighted by atomic mass is 31.2. The number of aliphatic carboxylic acids is 1. The lowest BCUT2D eigenvalue weighted by molar-refractivity contribution is -0.140. The molecule has 0 amide bonds. The van der Waals surface area contributed by atoms with Crippen LogP contribution in [0.1, 0.15) is 27.2 Å². The fraction of sp³-hybridized carbons (Fsp3) is 0.900. The van der Waals surface area contributed by atoms with Gasteiger partial charge < -0.3 is 14.2 Å². The predicted molar refractivity (Wildman–Crippen MR) is 65.1 cm³/mol. The Kier molecular flexibility index (Phi) is 6.94. The van der Waals surface area contributed by atoms with Crippen LogP contribution >= 0.6 is 7.60 Å². The number of nitrogens with one attached hydrogen (secondary N) is 1. The van der Waals surface area contributed by atoms with Crippen molar-refractivity contribution in [1.82, 2.24) is 5.32 Å². The van der Waals surface area contributed by atoms with Gasteiger partial charge in [-0.05, 0) is 19.3 Å². The lowest BCUT2D eigenvalue weighted by Gasteiger charge is -2.25. The number of carboxylic acid groups (broad SMARTS) is 1. The highest BCUT2D eigenvalue weighted by Crippen LogP contribution is 2.50. The number of hydrogen-bond acceptors (Lipinski definition) is 5. The lowest BCUT2D eigenvalue weighted by Crippen LogP contribution is -2.43. The third-order valence-electron chi connectivity index (χ3n) is 2.43. The normalized spacial score (nSPS) is 15.9. The minimum absolute atomic E-state index is 0.222. The Bertz CT molecular complexity index is 286. The predicted octanol–water partition coefficient (Wildman–Crippen LogP) is 1.91. The zero-order valence-electron chi connectivity index (χ0n) is 11.0. The van der Waals surface area contributed by atoms with Gasteiger partial charge in [-0.15, -0.1) is 0 Å². The number of rotatable bonds is 8. The molecule has 2 N–H and O–H groups in total. The molecule has 0 rings (SSSR count). The third kappa shape index (κ3) is 5.17.